The molecule has 0 saturated heterocycles. The first-order valence-corrected chi connectivity index (χ1v) is 5.91. The Hall–Kier alpha value is -2.30. The number of aliphatic hydroxyl groups is 2. The third-order valence-corrected chi connectivity index (χ3v) is 2.84. The van der Waals surface area contributed by atoms with E-state index >= 15 is 0 Å². The smallest absolute Gasteiger partial charge is 0.328 e. The molecule has 0 aromatic heterocycles. The van der Waals surface area contributed by atoms with Crippen LogP contribution in [0, 0.1) is 0 Å². The molecule has 0 atom stereocenters. The van der Waals surface area contributed by atoms with Crippen molar-refractivity contribution < 1.29 is 10.2 Å². The lowest BCUT2D eigenvalue weighted by molar-refractivity contribution is -0.141. The fourth-order valence-corrected chi connectivity index (χ4v) is 2.03. The van der Waals surface area contributed by atoms with Gasteiger partial charge in [0, 0.05) is 11.1 Å². The van der Waals surface area contributed by atoms with E-state index in [2.05, 4.69) is 9.98 Å². The average Bonchev–Trinajstić information content (AvgIpc) is 2.77. The van der Waals surface area contributed by atoms with Crippen molar-refractivity contribution in [3.8, 4) is 0 Å². The topological polar surface area (TPSA) is 65.2 Å². The molecular formula is C15H12N2O2. The third-order valence-electron chi connectivity index (χ3n) is 2.84. The lowest BCUT2D eigenvalue weighted by Gasteiger charge is -2.04. The second kappa shape index (κ2) is 4.42. The fourth-order valence-electron chi connectivity index (χ4n) is 2.03. The Morgan fingerprint density at radius 1 is 0.632 bits per heavy atom. The van der Waals surface area contributed by atoms with Crippen molar-refractivity contribution in [1.82, 2.24) is 0 Å². The maximum Gasteiger partial charge on any atom is 0.375 e. The minimum absolute atomic E-state index is 0.483. The largest absolute Gasteiger partial charge is 0.375 e. The number of aliphatic imine (C=N–C) groups is 2. The van der Waals surface area contributed by atoms with Crippen LogP contribution in [0.25, 0.3) is 0 Å². The van der Waals surface area contributed by atoms with Crippen LogP contribution in [-0.2, 0) is 0 Å². The molecule has 0 saturated carbocycles. The molecule has 94 valence electrons. The first-order valence-electron chi connectivity index (χ1n) is 5.91. The van der Waals surface area contributed by atoms with Crippen molar-refractivity contribution in [3.63, 3.8) is 0 Å². The van der Waals surface area contributed by atoms with Gasteiger partial charge in [0.15, 0.2) is 0 Å². The van der Waals surface area contributed by atoms with Crippen LogP contribution in [0.1, 0.15) is 11.1 Å². The van der Waals surface area contributed by atoms with E-state index in [4.69, 9.17) is 0 Å². The molecule has 0 aliphatic carbocycles. The van der Waals surface area contributed by atoms with E-state index in [1.54, 1.807) is 0 Å². The van der Waals surface area contributed by atoms with Gasteiger partial charge in [-0.2, -0.15) is 0 Å². The molecule has 0 radical (unpaired) electrons. The van der Waals surface area contributed by atoms with Crippen molar-refractivity contribution in [2.75, 3.05) is 0 Å². The quantitative estimate of drug-likeness (QED) is 0.797. The highest BCUT2D eigenvalue weighted by molar-refractivity contribution is 6.54. The summed E-state index contributed by atoms with van der Waals surface area (Å²) in [4.78, 5) is 7.75. The van der Waals surface area contributed by atoms with Gasteiger partial charge in [0.25, 0.3) is 0 Å². The zero-order valence-electron chi connectivity index (χ0n) is 10.1. The molecule has 1 aliphatic rings. The monoisotopic (exact) mass is 252 g/mol. The predicted octanol–water partition coefficient (Wildman–Crippen LogP) is 1.57. The summed E-state index contributed by atoms with van der Waals surface area (Å²) in [5, 5.41) is 19.3. The van der Waals surface area contributed by atoms with E-state index in [1.165, 1.54) is 0 Å². The Kier molecular flexibility index (Phi) is 2.74. The first kappa shape index (κ1) is 11.8. The fraction of sp³-hybridized carbons (Fsp3) is 0.0667. The molecule has 2 N–H and O–H groups in total. The molecule has 1 aliphatic heterocycles. The average molecular weight is 252 g/mol. The van der Waals surface area contributed by atoms with E-state index in [0.717, 1.165) is 11.1 Å². The van der Waals surface area contributed by atoms with E-state index < -0.39 is 6.03 Å². The number of hydrogen-bond donors (Lipinski definition) is 2. The molecule has 2 aromatic carbocycles. The van der Waals surface area contributed by atoms with Crippen LogP contribution >= 0.6 is 0 Å². The van der Waals surface area contributed by atoms with Gasteiger partial charge in [-0.3, -0.25) is 0 Å². The molecular weight excluding hydrogens is 240 g/mol. The summed E-state index contributed by atoms with van der Waals surface area (Å²) in [5.74, 6) is 0. The number of benzene rings is 2. The summed E-state index contributed by atoms with van der Waals surface area (Å²) < 4.78 is 0. The van der Waals surface area contributed by atoms with Gasteiger partial charge in [-0.25, -0.2) is 9.98 Å². The van der Waals surface area contributed by atoms with E-state index in [1.807, 2.05) is 60.7 Å². The summed E-state index contributed by atoms with van der Waals surface area (Å²) in [6.45, 7) is 0. The molecule has 0 amide bonds. The van der Waals surface area contributed by atoms with Gasteiger partial charge in [0.1, 0.15) is 0 Å². The molecule has 0 fully saturated rings. The van der Waals surface area contributed by atoms with Crippen LogP contribution in [0.2, 0.25) is 0 Å². The molecule has 0 spiro atoms. The molecule has 0 bridgehead atoms. The predicted molar refractivity (Wildman–Crippen MR) is 73.1 cm³/mol. The van der Waals surface area contributed by atoms with Crippen molar-refractivity contribution in [3.05, 3.63) is 71.8 Å². The minimum atomic E-state index is -2.38. The standard InChI is InChI=1S/C15H12N2O2/c18-15(19)16-13(11-7-3-1-4-8-11)14(17-15)12-9-5-2-6-10-12/h1-10,18-19H. The lowest BCUT2D eigenvalue weighted by atomic mass is 10.0. The molecule has 4 heteroatoms. The second-order valence-electron chi connectivity index (χ2n) is 4.25. The van der Waals surface area contributed by atoms with E-state index in [9.17, 15) is 10.2 Å². The Morgan fingerprint density at radius 2 is 1.00 bits per heavy atom. The number of hydrogen-bond acceptors (Lipinski definition) is 4. The van der Waals surface area contributed by atoms with Gasteiger partial charge in [0.05, 0.1) is 11.4 Å². The third kappa shape index (κ3) is 2.31. The maximum atomic E-state index is 9.64. The van der Waals surface area contributed by atoms with Crippen molar-refractivity contribution in [2.45, 2.75) is 6.03 Å². The molecule has 4 nitrogen and oxygen atoms in total. The highest BCUT2D eigenvalue weighted by Crippen LogP contribution is 2.21. The normalized spacial score (nSPS) is 16.9. The van der Waals surface area contributed by atoms with Crippen LogP contribution in [0.5, 0.6) is 0 Å². The Labute approximate surface area is 110 Å². The van der Waals surface area contributed by atoms with Crippen LogP contribution in [-0.4, -0.2) is 27.7 Å². The summed E-state index contributed by atoms with van der Waals surface area (Å²) in [5.41, 5.74) is 2.57. The van der Waals surface area contributed by atoms with Crippen molar-refractivity contribution >= 4 is 11.4 Å². The van der Waals surface area contributed by atoms with Gasteiger partial charge in [0.2, 0.25) is 0 Å². The Morgan fingerprint density at radius 3 is 1.37 bits per heavy atom. The van der Waals surface area contributed by atoms with Crippen LogP contribution < -0.4 is 0 Å². The minimum Gasteiger partial charge on any atom is -0.328 e. The number of nitrogens with zero attached hydrogens (tertiary/aromatic N) is 2. The lowest BCUT2D eigenvalue weighted by Crippen LogP contribution is -2.19. The first-order chi connectivity index (χ1) is 9.16. The summed E-state index contributed by atoms with van der Waals surface area (Å²) in [6.07, 6.45) is 0. The highest BCUT2D eigenvalue weighted by atomic mass is 16.5. The van der Waals surface area contributed by atoms with Crippen LogP contribution in [0.15, 0.2) is 70.6 Å². The van der Waals surface area contributed by atoms with Crippen molar-refractivity contribution in [1.29, 1.82) is 0 Å². The maximum absolute atomic E-state index is 9.64. The van der Waals surface area contributed by atoms with E-state index in [-0.39, 0.29) is 0 Å². The summed E-state index contributed by atoms with van der Waals surface area (Å²) in [7, 11) is 0. The summed E-state index contributed by atoms with van der Waals surface area (Å²) >= 11 is 0. The number of rotatable bonds is 2. The SMILES string of the molecule is OC1(O)N=C(c2ccccc2)C(c2ccccc2)=N1. The molecule has 1 heterocycles. The van der Waals surface area contributed by atoms with Crippen LogP contribution in [0.3, 0.4) is 0 Å². The molecule has 3 rings (SSSR count). The van der Waals surface area contributed by atoms with Gasteiger partial charge in [-0.05, 0) is 0 Å². The van der Waals surface area contributed by atoms with Gasteiger partial charge in [-0.1, -0.05) is 60.7 Å². The van der Waals surface area contributed by atoms with Gasteiger partial charge >= 0.3 is 6.03 Å². The highest BCUT2D eigenvalue weighted by Gasteiger charge is 2.32. The molecule has 0 unspecified atom stereocenters. The van der Waals surface area contributed by atoms with Crippen LogP contribution in [0.4, 0.5) is 0 Å². The van der Waals surface area contributed by atoms with Crippen molar-refractivity contribution in [2.24, 2.45) is 9.98 Å². The Balaban J connectivity index is 2.11. The zero-order chi connectivity index (χ0) is 13.3. The second-order valence-corrected chi connectivity index (χ2v) is 4.25. The molecule has 2 aromatic rings. The summed E-state index contributed by atoms with van der Waals surface area (Å²) in [6, 6.07) is 16.3. The van der Waals surface area contributed by atoms with Gasteiger partial charge < -0.3 is 10.2 Å². The van der Waals surface area contributed by atoms with Gasteiger partial charge in [-0.15, -0.1) is 0 Å². The zero-order valence-corrected chi connectivity index (χ0v) is 10.1. The van der Waals surface area contributed by atoms with E-state index in [0.29, 0.717) is 11.4 Å². The molecule has 19 heavy (non-hydrogen) atoms. The Bertz CT molecular complexity index is 589.